The van der Waals surface area contributed by atoms with Crippen LogP contribution in [0, 0.1) is 5.41 Å². The Hall–Kier alpha value is -2.29. The van der Waals surface area contributed by atoms with E-state index in [1.54, 1.807) is 18.2 Å². The van der Waals surface area contributed by atoms with E-state index in [2.05, 4.69) is 15.2 Å². The number of aliphatic hydroxyl groups excluding tert-OH is 1. The molecule has 192 valence electrons. The van der Waals surface area contributed by atoms with Gasteiger partial charge in [-0.15, -0.1) is 0 Å². The van der Waals surface area contributed by atoms with Gasteiger partial charge in [-0.3, -0.25) is 4.79 Å². The summed E-state index contributed by atoms with van der Waals surface area (Å²) in [7, 11) is 0. The Labute approximate surface area is 217 Å². The highest BCUT2D eigenvalue weighted by Crippen LogP contribution is 2.58. The van der Waals surface area contributed by atoms with Crippen LogP contribution in [0.15, 0.2) is 35.3 Å². The zero-order chi connectivity index (χ0) is 25.7. The molecule has 0 unspecified atom stereocenters. The first-order chi connectivity index (χ1) is 17.1. The molecule has 2 heterocycles. The predicted molar refractivity (Wildman–Crippen MR) is 136 cm³/mol. The molecule has 1 aliphatic carbocycles. The number of rotatable bonds is 7. The maximum Gasteiger partial charge on any atom is 0.401 e. The molecule has 10 heteroatoms. The molecular formula is C26H26Cl2F3N3O2. The topological polar surface area (TPSA) is 64.9 Å². The molecule has 36 heavy (non-hydrogen) atoms. The van der Waals surface area contributed by atoms with E-state index in [0.717, 1.165) is 41.9 Å². The van der Waals surface area contributed by atoms with Crippen molar-refractivity contribution in [3.8, 4) is 0 Å². The number of hydrogen-bond acceptors (Lipinski definition) is 5. The molecule has 1 saturated heterocycles. The summed E-state index contributed by atoms with van der Waals surface area (Å²) in [4.78, 5) is 19.1. The summed E-state index contributed by atoms with van der Waals surface area (Å²) < 4.78 is 39.7. The second-order valence-corrected chi connectivity index (χ2v) is 10.6. The molecule has 0 spiro atoms. The van der Waals surface area contributed by atoms with Crippen LogP contribution in [-0.2, 0) is 17.6 Å². The zero-order valence-electron chi connectivity index (χ0n) is 19.5. The number of halogens is 5. The van der Waals surface area contributed by atoms with Crippen molar-refractivity contribution in [2.75, 3.05) is 23.4 Å². The van der Waals surface area contributed by atoms with Crippen LogP contribution < -0.4 is 10.2 Å². The van der Waals surface area contributed by atoms with E-state index in [4.69, 9.17) is 23.2 Å². The molecule has 5 nitrogen and oxygen atoms in total. The first-order valence-electron chi connectivity index (χ1n) is 12.0. The van der Waals surface area contributed by atoms with Crippen molar-refractivity contribution in [1.29, 1.82) is 0 Å². The van der Waals surface area contributed by atoms with Gasteiger partial charge in [0.25, 0.3) is 0 Å². The standard InChI is InChI=1S/C26H26Cl2F3N3O2/c27-18-5-3-15(4-6-23(36)25(7-8-25)26(29,30)31)10-21(18)33-24-12-16-11-22(19(28)13-20(16)32-24)34-9-1-2-17(34)14-35/h3,5,10-11,13,17,35H,1-2,4,6-9,12,14H2,(H,32,33)/t17-/m1/s1. The number of fused-ring (bicyclic) bond motifs is 1. The zero-order valence-corrected chi connectivity index (χ0v) is 21.0. The van der Waals surface area contributed by atoms with Crippen LogP contribution in [0.4, 0.5) is 30.2 Å². The highest BCUT2D eigenvalue weighted by molar-refractivity contribution is 6.34. The van der Waals surface area contributed by atoms with Gasteiger partial charge in [-0.2, -0.15) is 13.2 Å². The van der Waals surface area contributed by atoms with E-state index < -0.39 is 17.4 Å². The third-order valence-electron chi connectivity index (χ3n) is 7.44. The summed E-state index contributed by atoms with van der Waals surface area (Å²) in [6, 6.07) is 9.04. The first-order valence-corrected chi connectivity index (χ1v) is 12.8. The molecule has 0 aromatic heterocycles. The third-order valence-corrected chi connectivity index (χ3v) is 8.07. The number of carbonyl (C=O) groups excluding carboxylic acids is 1. The molecule has 1 saturated carbocycles. The van der Waals surface area contributed by atoms with Gasteiger partial charge >= 0.3 is 6.18 Å². The number of aliphatic imine (C=N–C) groups is 1. The van der Waals surface area contributed by atoms with E-state index in [1.165, 1.54) is 0 Å². The van der Waals surface area contributed by atoms with Crippen molar-refractivity contribution < 1.29 is 23.1 Å². The Kier molecular flexibility index (Phi) is 6.72. The maximum atomic E-state index is 13.2. The molecule has 2 aliphatic heterocycles. The summed E-state index contributed by atoms with van der Waals surface area (Å²) in [5.41, 5.74) is 1.80. The summed E-state index contributed by atoms with van der Waals surface area (Å²) in [5.74, 6) is -0.0772. The molecule has 0 amide bonds. The molecular weight excluding hydrogens is 514 g/mol. The molecule has 2 fully saturated rings. The highest BCUT2D eigenvalue weighted by Gasteiger charge is 2.67. The number of aliphatic hydroxyl groups is 1. The van der Waals surface area contributed by atoms with Crippen LogP contribution in [0.25, 0.3) is 0 Å². The van der Waals surface area contributed by atoms with Crippen LogP contribution >= 0.6 is 23.2 Å². The van der Waals surface area contributed by atoms with Gasteiger partial charge in [-0.25, -0.2) is 4.99 Å². The van der Waals surface area contributed by atoms with Crippen LogP contribution in [0.3, 0.4) is 0 Å². The highest BCUT2D eigenvalue weighted by atomic mass is 35.5. The van der Waals surface area contributed by atoms with Gasteiger partial charge in [0.05, 0.1) is 39.8 Å². The number of hydrogen-bond donors (Lipinski definition) is 2. The molecule has 0 radical (unpaired) electrons. The summed E-state index contributed by atoms with van der Waals surface area (Å²) >= 11 is 12.9. The lowest BCUT2D eigenvalue weighted by Crippen LogP contribution is -2.32. The Bertz CT molecular complexity index is 1230. The average molecular weight is 540 g/mol. The Balaban J connectivity index is 1.27. The molecule has 1 atom stereocenters. The minimum atomic E-state index is -4.48. The Morgan fingerprint density at radius 2 is 1.97 bits per heavy atom. The van der Waals surface area contributed by atoms with E-state index in [0.29, 0.717) is 28.0 Å². The normalized spacial score (nSPS) is 20.3. The van der Waals surface area contributed by atoms with Crippen molar-refractivity contribution in [2.24, 2.45) is 10.4 Å². The van der Waals surface area contributed by atoms with Crippen molar-refractivity contribution in [2.45, 2.75) is 57.2 Å². The molecule has 2 aromatic carbocycles. The lowest BCUT2D eigenvalue weighted by molar-refractivity contribution is -0.190. The van der Waals surface area contributed by atoms with Crippen molar-refractivity contribution in [3.05, 3.63) is 51.5 Å². The number of anilines is 2. The van der Waals surface area contributed by atoms with E-state index in [9.17, 15) is 23.1 Å². The van der Waals surface area contributed by atoms with Crippen molar-refractivity contribution in [1.82, 2.24) is 0 Å². The minimum Gasteiger partial charge on any atom is -0.394 e. The van der Waals surface area contributed by atoms with Crippen LogP contribution in [0.2, 0.25) is 10.0 Å². The second kappa shape index (κ2) is 9.54. The number of alkyl halides is 3. The van der Waals surface area contributed by atoms with Crippen LogP contribution in [0.1, 0.15) is 43.2 Å². The number of Topliss-reactive ketones (excluding diaryl/α,β-unsaturated/α-hetero) is 1. The van der Waals surface area contributed by atoms with Crippen molar-refractivity contribution >= 4 is 51.9 Å². The molecule has 0 bridgehead atoms. The average Bonchev–Trinajstić information content (AvgIpc) is 3.38. The van der Waals surface area contributed by atoms with Gasteiger partial charge in [-0.05, 0) is 67.5 Å². The number of nitrogens with zero attached hydrogens (tertiary/aromatic N) is 2. The first kappa shape index (κ1) is 25.4. The summed E-state index contributed by atoms with van der Waals surface area (Å²) in [6.07, 6.45) is -2.23. The van der Waals surface area contributed by atoms with Gasteiger partial charge in [0.15, 0.2) is 0 Å². The number of ketones is 1. The van der Waals surface area contributed by atoms with Gasteiger partial charge in [0, 0.05) is 19.4 Å². The largest absolute Gasteiger partial charge is 0.401 e. The molecule has 3 aliphatic rings. The number of benzene rings is 2. The Morgan fingerprint density at radius 3 is 2.67 bits per heavy atom. The van der Waals surface area contributed by atoms with E-state index >= 15 is 0 Å². The number of amidine groups is 1. The van der Waals surface area contributed by atoms with Gasteiger partial charge < -0.3 is 15.3 Å². The van der Waals surface area contributed by atoms with E-state index in [1.807, 2.05) is 12.1 Å². The fraction of sp³-hybridized carbons (Fsp3) is 0.462. The van der Waals surface area contributed by atoms with Gasteiger partial charge in [0.2, 0.25) is 0 Å². The quantitative estimate of drug-likeness (QED) is 0.421. The van der Waals surface area contributed by atoms with Gasteiger partial charge in [-0.1, -0.05) is 29.3 Å². The third kappa shape index (κ3) is 4.71. The van der Waals surface area contributed by atoms with Crippen LogP contribution in [0.5, 0.6) is 0 Å². The SMILES string of the molecule is O=C(CCc1ccc(Cl)c(NC2=Nc3cc(Cl)c(N4CCC[C@@H]4CO)cc3C2)c1)C1(C(F)(F)F)CC1. The molecule has 2 aromatic rings. The fourth-order valence-electron chi connectivity index (χ4n) is 5.16. The summed E-state index contributed by atoms with van der Waals surface area (Å²) in [6.45, 7) is 0.916. The van der Waals surface area contributed by atoms with Gasteiger partial charge in [0.1, 0.15) is 17.0 Å². The molecule has 2 N–H and O–H groups in total. The lowest BCUT2D eigenvalue weighted by Gasteiger charge is -2.26. The second-order valence-electron chi connectivity index (χ2n) is 9.78. The lowest BCUT2D eigenvalue weighted by atomic mass is 9.94. The monoisotopic (exact) mass is 539 g/mol. The van der Waals surface area contributed by atoms with Crippen LogP contribution in [-0.4, -0.2) is 42.1 Å². The smallest absolute Gasteiger partial charge is 0.394 e. The number of nitrogens with one attached hydrogen (secondary N) is 1. The fourth-order valence-corrected chi connectivity index (χ4v) is 5.59. The Morgan fingerprint density at radius 1 is 1.19 bits per heavy atom. The number of carbonyl (C=O) groups is 1. The number of aryl methyl sites for hydroxylation is 1. The maximum absolute atomic E-state index is 13.2. The van der Waals surface area contributed by atoms with E-state index in [-0.39, 0.29) is 38.3 Å². The van der Waals surface area contributed by atoms with Crippen molar-refractivity contribution in [3.63, 3.8) is 0 Å². The summed E-state index contributed by atoms with van der Waals surface area (Å²) in [5, 5.41) is 13.9. The predicted octanol–water partition coefficient (Wildman–Crippen LogP) is 6.50. The minimum absolute atomic E-state index is 0.0554. The molecule has 5 rings (SSSR count).